The number of hydrogen-bond acceptors (Lipinski definition) is 1. The van der Waals surface area contributed by atoms with Crippen molar-refractivity contribution in [3.8, 4) is 22.3 Å². The Morgan fingerprint density at radius 1 is 0.465 bits per heavy atom. The van der Waals surface area contributed by atoms with Crippen LogP contribution in [0.5, 0.6) is 0 Å². The molecule has 0 unspecified atom stereocenters. The Hall–Kier alpha value is -5.40. The molecule has 1 nitrogen and oxygen atoms in total. The molecule has 0 aliphatic rings. The monoisotopic (exact) mass is 551 g/mol. The minimum absolute atomic E-state index is 0.792. The molecular formula is C42H33N. The zero-order valence-corrected chi connectivity index (χ0v) is 24.3. The fraction of sp³-hybridized carbons (Fsp3) is 0.0476. The van der Waals surface area contributed by atoms with Crippen LogP contribution in [-0.2, 0) is 0 Å². The van der Waals surface area contributed by atoms with Crippen LogP contribution in [-0.4, -0.2) is 6.54 Å². The van der Waals surface area contributed by atoms with Gasteiger partial charge in [0.25, 0.3) is 0 Å². The van der Waals surface area contributed by atoms with E-state index in [-0.39, 0.29) is 0 Å². The predicted octanol–water partition coefficient (Wildman–Crippen LogP) is 11.8. The normalized spacial score (nSPS) is 11.7. The molecule has 206 valence electrons. The third-order valence-electron chi connectivity index (χ3n) is 8.23. The zero-order chi connectivity index (χ0) is 29.0. The van der Waals surface area contributed by atoms with Gasteiger partial charge in [-0.15, -0.1) is 0 Å². The quantitative estimate of drug-likeness (QED) is 0.141. The van der Waals surface area contributed by atoms with Crippen LogP contribution in [0, 0.1) is 0 Å². The molecule has 7 aromatic carbocycles. The molecule has 0 aliphatic heterocycles. The number of fused-ring (bicyclic) bond motifs is 3. The maximum absolute atomic E-state index is 2.35. The fourth-order valence-electron chi connectivity index (χ4n) is 6.23. The second kappa shape index (κ2) is 11.8. The van der Waals surface area contributed by atoms with Crippen LogP contribution < -0.4 is 4.90 Å². The van der Waals surface area contributed by atoms with Gasteiger partial charge in [0.05, 0.1) is 0 Å². The van der Waals surface area contributed by atoms with Crippen LogP contribution in [0.15, 0.2) is 170 Å². The highest BCUT2D eigenvalue weighted by atomic mass is 15.1. The number of para-hydroxylation sites is 1. The molecular weight excluding hydrogens is 518 g/mol. The van der Waals surface area contributed by atoms with Crippen LogP contribution in [0.2, 0.25) is 0 Å². The van der Waals surface area contributed by atoms with E-state index in [9.17, 15) is 0 Å². The van der Waals surface area contributed by atoms with Gasteiger partial charge in [-0.1, -0.05) is 140 Å². The summed E-state index contributed by atoms with van der Waals surface area (Å²) in [5.74, 6) is 0. The van der Waals surface area contributed by atoms with Gasteiger partial charge in [-0.05, 0) is 91.8 Å². The summed E-state index contributed by atoms with van der Waals surface area (Å²) >= 11 is 0. The highest BCUT2D eigenvalue weighted by Crippen LogP contribution is 2.44. The first kappa shape index (κ1) is 26.5. The van der Waals surface area contributed by atoms with E-state index in [1.165, 1.54) is 65.9 Å². The molecule has 0 saturated heterocycles. The van der Waals surface area contributed by atoms with Crippen LogP contribution in [0.3, 0.4) is 0 Å². The molecule has 7 rings (SSSR count). The van der Waals surface area contributed by atoms with Crippen LogP contribution in [0.1, 0.15) is 6.92 Å². The number of benzene rings is 7. The Morgan fingerprint density at radius 3 is 1.60 bits per heavy atom. The van der Waals surface area contributed by atoms with E-state index in [1.807, 2.05) is 6.92 Å². The molecule has 1 heteroatoms. The zero-order valence-electron chi connectivity index (χ0n) is 24.3. The molecule has 0 saturated carbocycles. The second-order valence-electron chi connectivity index (χ2n) is 10.9. The number of nitrogens with zero attached hydrogens (tertiary/aromatic N) is 1. The summed E-state index contributed by atoms with van der Waals surface area (Å²) in [4.78, 5) is 2.35. The summed E-state index contributed by atoms with van der Waals surface area (Å²) < 4.78 is 0. The van der Waals surface area contributed by atoms with Crippen molar-refractivity contribution in [3.05, 3.63) is 170 Å². The van der Waals surface area contributed by atoms with Crippen molar-refractivity contribution >= 4 is 43.7 Å². The maximum atomic E-state index is 2.35. The topological polar surface area (TPSA) is 3.24 Å². The van der Waals surface area contributed by atoms with Gasteiger partial charge in [0.2, 0.25) is 0 Å². The average molecular weight is 552 g/mol. The first-order valence-electron chi connectivity index (χ1n) is 15.0. The highest BCUT2D eigenvalue weighted by Gasteiger charge is 2.17. The van der Waals surface area contributed by atoms with Gasteiger partial charge in [-0.25, -0.2) is 0 Å². The molecule has 0 aliphatic carbocycles. The van der Waals surface area contributed by atoms with E-state index in [4.69, 9.17) is 0 Å². The number of hydrogen-bond donors (Lipinski definition) is 0. The molecule has 0 bridgehead atoms. The molecule has 0 radical (unpaired) electrons. The number of anilines is 2. The van der Waals surface area contributed by atoms with Crippen molar-refractivity contribution in [2.45, 2.75) is 6.92 Å². The second-order valence-corrected chi connectivity index (χ2v) is 10.9. The largest absolute Gasteiger partial charge is 0.338 e. The fourth-order valence-corrected chi connectivity index (χ4v) is 6.23. The van der Waals surface area contributed by atoms with Gasteiger partial charge in [0, 0.05) is 17.9 Å². The van der Waals surface area contributed by atoms with E-state index in [1.54, 1.807) is 0 Å². The third-order valence-corrected chi connectivity index (χ3v) is 8.23. The van der Waals surface area contributed by atoms with E-state index in [0.717, 1.165) is 6.54 Å². The van der Waals surface area contributed by atoms with Gasteiger partial charge in [-0.2, -0.15) is 0 Å². The van der Waals surface area contributed by atoms with Gasteiger partial charge in [-0.3, -0.25) is 0 Å². The summed E-state index contributed by atoms with van der Waals surface area (Å²) in [6.07, 6.45) is 8.44. The lowest BCUT2D eigenvalue weighted by Crippen LogP contribution is -2.16. The van der Waals surface area contributed by atoms with E-state index >= 15 is 0 Å². The number of rotatable bonds is 7. The maximum Gasteiger partial charge on any atom is 0.0415 e. The Kier molecular flexibility index (Phi) is 7.29. The molecule has 0 N–H and O–H groups in total. The third kappa shape index (κ3) is 5.11. The van der Waals surface area contributed by atoms with Gasteiger partial charge in [0.1, 0.15) is 0 Å². The van der Waals surface area contributed by atoms with Crippen molar-refractivity contribution in [2.75, 3.05) is 11.4 Å². The van der Waals surface area contributed by atoms with Crippen LogP contribution >= 0.6 is 0 Å². The first-order chi connectivity index (χ1) is 21.3. The Balaban J connectivity index is 1.38. The number of allylic oxidation sites excluding steroid dienone is 3. The lowest BCUT2D eigenvalue weighted by Gasteiger charge is -2.24. The minimum Gasteiger partial charge on any atom is -0.338 e. The first-order valence-corrected chi connectivity index (χ1v) is 15.0. The molecule has 0 atom stereocenters. The molecule has 43 heavy (non-hydrogen) atoms. The van der Waals surface area contributed by atoms with E-state index < -0.39 is 0 Å². The smallest absolute Gasteiger partial charge is 0.0415 e. The molecule has 7 aromatic rings. The standard InChI is InChI=1S/C42H33N/c1-2-3-4-14-29-43(35-17-6-5-7-18-35)36-27-25-32(26-28-36)41-37-19-10-12-21-39(37)42(40-22-13-11-20-38(40)41)34-24-23-31-15-8-9-16-33(31)30-34/h2-28,30H,29H2,1H3/b3-2-,14-4-. The van der Waals surface area contributed by atoms with Crippen molar-refractivity contribution in [3.63, 3.8) is 0 Å². The lowest BCUT2D eigenvalue weighted by atomic mass is 9.85. The van der Waals surface area contributed by atoms with Crippen molar-refractivity contribution < 1.29 is 0 Å². The summed E-state index contributed by atoms with van der Waals surface area (Å²) in [7, 11) is 0. The Bertz CT molecular complexity index is 2040. The van der Waals surface area contributed by atoms with Crippen molar-refractivity contribution in [1.29, 1.82) is 0 Å². The molecule has 0 heterocycles. The Morgan fingerprint density at radius 2 is 0.977 bits per heavy atom. The summed E-state index contributed by atoms with van der Waals surface area (Å²) in [5, 5.41) is 7.61. The van der Waals surface area contributed by atoms with Gasteiger partial charge < -0.3 is 4.90 Å². The highest BCUT2D eigenvalue weighted by molar-refractivity contribution is 6.21. The minimum atomic E-state index is 0.792. The van der Waals surface area contributed by atoms with Crippen LogP contribution in [0.4, 0.5) is 11.4 Å². The molecule has 0 amide bonds. The molecule has 0 fully saturated rings. The van der Waals surface area contributed by atoms with Crippen molar-refractivity contribution in [2.24, 2.45) is 0 Å². The van der Waals surface area contributed by atoms with Crippen molar-refractivity contribution in [1.82, 2.24) is 0 Å². The predicted molar refractivity (Wildman–Crippen MR) is 187 cm³/mol. The summed E-state index contributed by atoms with van der Waals surface area (Å²) in [6, 6.07) is 52.9. The van der Waals surface area contributed by atoms with E-state index in [0.29, 0.717) is 0 Å². The summed E-state index contributed by atoms with van der Waals surface area (Å²) in [5.41, 5.74) is 7.38. The lowest BCUT2D eigenvalue weighted by molar-refractivity contribution is 1.10. The van der Waals surface area contributed by atoms with Crippen LogP contribution in [0.25, 0.3) is 54.6 Å². The Labute approximate surface area is 253 Å². The van der Waals surface area contributed by atoms with Gasteiger partial charge >= 0.3 is 0 Å². The summed E-state index contributed by atoms with van der Waals surface area (Å²) in [6.45, 7) is 2.83. The SMILES string of the molecule is C/C=C\C=C/CN(c1ccccc1)c1ccc(-c2c3ccccc3c(-c3ccc4ccccc4c3)c3ccccc23)cc1. The van der Waals surface area contributed by atoms with Gasteiger partial charge in [0.15, 0.2) is 0 Å². The average Bonchev–Trinajstić information content (AvgIpc) is 3.07. The van der Waals surface area contributed by atoms with E-state index in [2.05, 4.69) is 175 Å². The molecule has 0 spiro atoms. The molecule has 0 aromatic heterocycles.